The van der Waals surface area contributed by atoms with Gasteiger partial charge in [-0.1, -0.05) is 26.0 Å². The van der Waals surface area contributed by atoms with Crippen LogP contribution in [0, 0.1) is 6.92 Å². The molecule has 4 nitrogen and oxygen atoms in total. The number of H-pyrrole nitrogens is 1. The molecule has 0 radical (unpaired) electrons. The molecule has 3 N–H and O–H groups in total. The van der Waals surface area contributed by atoms with E-state index in [0.29, 0.717) is 5.92 Å². The van der Waals surface area contributed by atoms with E-state index in [0.717, 1.165) is 35.7 Å². The summed E-state index contributed by atoms with van der Waals surface area (Å²) in [5.74, 6) is 2.19. The maximum atomic E-state index is 5.90. The highest BCUT2D eigenvalue weighted by Crippen LogP contribution is 2.15. The molecule has 1 heterocycles. The van der Waals surface area contributed by atoms with Crippen LogP contribution in [0.25, 0.3) is 0 Å². The Bertz CT molecular complexity index is 528. The molecule has 0 saturated heterocycles. The van der Waals surface area contributed by atoms with Gasteiger partial charge in [0.05, 0.1) is 0 Å². The van der Waals surface area contributed by atoms with E-state index in [9.17, 15) is 0 Å². The Morgan fingerprint density at radius 3 is 2.67 bits per heavy atom. The number of aryl methyl sites for hydroxylation is 3. The van der Waals surface area contributed by atoms with Gasteiger partial charge in [0, 0.05) is 18.0 Å². The highest BCUT2D eigenvalue weighted by Gasteiger charge is 2.07. The third-order valence-corrected chi connectivity index (χ3v) is 3.06. The molecule has 0 bridgehead atoms. The summed E-state index contributed by atoms with van der Waals surface area (Å²) in [5, 5.41) is 7.19. The van der Waals surface area contributed by atoms with Crippen LogP contribution >= 0.6 is 0 Å². The first-order chi connectivity index (χ1) is 8.56. The van der Waals surface area contributed by atoms with Crippen LogP contribution in [0.5, 0.6) is 0 Å². The Morgan fingerprint density at radius 1 is 1.28 bits per heavy atom. The first-order valence-corrected chi connectivity index (χ1v) is 6.32. The standard InChI is InChI=1S/C14H20N4/c1-9(2)14-16-13(17-18-14)7-6-11-5-4-10(3)12(15)8-11/h4-5,8-9H,6-7,15H2,1-3H3,(H,16,17,18). The van der Waals surface area contributed by atoms with Gasteiger partial charge in [0.25, 0.3) is 0 Å². The lowest BCUT2D eigenvalue weighted by molar-refractivity contribution is 0.780. The van der Waals surface area contributed by atoms with Crippen LogP contribution in [0.4, 0.5) is 5.69 Å². The molecule has 4 heteroatoms. The number of aromatic nitrogens is 3. The van der Waals surface area contributed by atoms with Crippen molar-refractivity contribution in [3.05, 3.63) is 41.0 Å². The summed E-state index contributed by atoms with van der Waals surface area (Å²) in [5.41, 5.74) is 9.11. The van der Waals surface area contributed by atoms with Crippen molar-refractivity contribution in [3.63, 3.8) is 0 Å². The number of hydrogen-bond donors (Lipinski definition) is 2. The monoisotopic (exact) mass is 244 g/mol. The lowest BCUT2D eigenvalue weighted by Crippen LogP contribution is -1.97. The zero-order valence-corrected chi connectivity index (χ0v) is 11.2. The number of anilines is 1. The Hall–Kier alpha value is -1.84. The maximum absolute atomic E-state index is 5.90. The van der Waals surface area contributed by atoms with Crippen LogP contribution in [0.1, 0.15) is 42.5 Å². The molecule has 0 atom stereocenters. The zero-order valence-electron chi connectivity index (χ0n) is 11.2. The number of hydrogen-bond acceptors (Lipinski definition) is 3. The van der Waals surface area contributed by atoms with Crippen LogP contribution in [0.2, 0.25) is 0 Å². The smallest absolute Gasteiger partial charge is 0.153 e. The minimum atomic E-state index is 0.366. The van der Waals surface area contributed by atoms with Crippen molar-refractivity contribution in [3.8, 4) is 0 Å². The summed E-state index contributed by atoms with van der Waals surface area (Å²) in [7, 11) is 0. The summed E-state index contributed by atoms with van der Waals surface area (Å²) in [6.07, 6.45) is 1.79. The molecule has 1 aromatic heterocycles. The van der Waals surface area contributed by atoms with Crippen molar-refractivity contribution in [2.75, 3.05) is 5.73 Å². The third-order valence-electron chi connectivity index (χ3n) is 3.06. The van der Waals surface area contributed by atoms with Gasteiger partial charge >= 0.3 is 0 Å². The molecule has 0 unspecified atom stereocenters. The Balaban J connectivity index is 2.00. The number of nitrogens with one attached hydrogen (secondary N) is 1. The molecule has 0 amide bonds. The first-order valence-electron chi connectivity index (χ1n) is 6.32. The zero-order chi connectivity index (χ0) is 13.1. The van der Waals surface area contributed by atoms with Crippen molar-refractivity contribution >= 4 is 5.69 Å². The minimum Gasteiger partial charge on any atom is -0.399 e. The average molecular weight is 244 g/mol. The van der Waals surface area contributed by atoms with E-state index in [1.54, 1.807) is 0 Å². The van der Waals surface area contributed by atoms with Crippen LogP contribution in [-0.2, 0) is 12.8 Å². The Kier molecular flexibility index (Phi) is 3.65. The van der Waals surface area contributed by atoms with Gasteiger partial charge in [-0.05, 0) is 30.5 Å². The van der Waals surface area contributed by atoms with Crippen LogP contribution in [-0.4, -0.2) is 15.2 Å². The molecule has 96 valence electrons. The molecular formula is C14H20N4. The molecule has 1 aromatic carbocycles. The van der Waals surface area contributed by atoms with E-state index in [2.05, 4.69) is 41.2 Å². The quantitative estimate of drug-likeness (QED) is 0.812. The largest absolute Gasteiger partial charge is 0.399 e. The highest BCUT2D eigenvalue weighted by atomic mass is 15.2. The van der Waals surface area contributed by atoms with Crippen molar-refractivity contribution in [1.29, 1.82) is 0 Å². The number of nitrogens with zero attached hydrogens (tertiary/aromatic N) is 2. The van der Waals surface area contributed by atoms with E-state index in [1.165, 1.54) is 5.56 Å². The summed E-state index contributed by atoms with van der Waals surface area (Å²) < 4.78 is 0. The predicted molar refractivity (Wildman–Crippen MR) is 73.5 cm³/mol. The van der Waals surface area contributed by atoms with Gasteiger partial charge in [-0.3, -0.25) is 5.10 Å². The number of nitrogens with two attached hydrogens (primary N) is 1. The highest BCUT2D eigenvalue weighted by molar-refractivity contribution is 5.48. The third kappa shape index (κ3) is 2.88. The van der Waals surface area contributed by atoms with Gasteiger partial charge in [0.1, 0.15) is 5.82 Å². The second kappa shape index (κ2) is 5.21. The second-order valence-corrected chi connectivity index (χ2v) is 4.99. The van der Waals surface area contributed by atoms with Gasteiger partial charge in [0.15, 0.2) is 5.82 Å². The second-order valence-electron chi connectivity index (χ2n) is 4.99. The van der Waals surface area contributed by atoms with Crippen LogP contribution < -0.4 is 5.73 Å². The Morgan fingerprint density at radius 2 is 2.06 bits per heavy atom. The SMILES string of the molecule is Cc1ccc(CCc2nc(C(C)C)n[nH]2)cc1N. The van der Waals surface area contributed by atoms with Crippen LogP contribution in [0.15, 0.2) is 18.2 Å². The molecule has 0 aliphatic carbocycles. The molecule has 0 saturated carbocycles. The van der Waals surface area contributed by atoms with E-state index < -0.39 is 0 Å². The molecule has 18 heavy (non-hydrogen) atoms. The molecule has 2 rings (SSSR count). The van der Waals surface area contributed by atoms with Gasteiger partial charge in [-0.15, -0.1) is 0 Å². The van der Waals surface area contributed by atoms with E-state index in [4.69, 9.17) is 5.73 Å². The lowest BCUT2D eigenvalue weighted by Gasteiger charge is -2.03. The summed E-state index contributed by atoms with van der Waals surface area (Å²) in [6, 6.07) is 6.21. The number of nitrogen functional groups attached to an aromatic ring is 1. The fourth-order valence-corrected chi connectivity index (χ4v) is 1.79. The minimum absolute atomic E-state index is 0.366. The van der Waals surface area contributed by atoms with Crippen molar-refractivity contribution in [2.24, 2.45) is 0 Å². The summed E-state index contributed by atoms with van der Waals surface area (Å²) in [4.78, 5) is 4.47. The van der Waals surface area contributed by atoms with Crippen LogP contribution in [0.3, 0.4) is 0 Å². The summed E-state index contributed by atoms with van der Waals surface area (Å²) >= 11 is 0. The van der Waals surface area contributed by atoms with E-state index >= 15 is 0 Å². The first kappa shape index (κ1) is 12.6. The van der Waals surface area contributed by atoms with Gasteiger partial charge in [-0.25, -0.2) is 4.98 Å². The normalized spacial score (nSPS) is 11.1. The molecule has 0 fully saturated rings. The average Bonchev–Trinajstić information content (AvgIpc) is 2.79. The molecule has 0 aliphatic rings. The van der Waals surface area contributed by atoms with Crippen molar-refractivity contribution < 1.29 is 0 Å². The molecule has 0 aliphatic heterocycles. The molecular weight excluding hydrogens is 224 g/mol. The molecule has 2 aromatic rings. The summed E-state index contributed by atoms with van der Waals surface area (Å²) in [6.45, 7) is 6.20. The van der Waals surface area contributed by atoms with Gasteiger partial charge < -0.3 is 5.73 Å². The molecule has 0 spiro atoms. The van der Waals surface area contributed by atoms with E-state index in [-0.39, 0.29) is 0 Å². The van der Waals surface area contributed by atoms with Gasteiger partial charge in [0.2, 0.25) is 0 Å². The number of rotatable bonds is 4. The van der Waals surface area contributed by atoms with E-state index in [1.807, 2.05) is 13.0 Å². The van der Waals surface area contributed by atoms with Crippen molar-refractivity contribution in [2.45, 2.75) is 39.5 Å². The number of aromatic amines is 1. The predicted octanol–water partition coefficient (Wildman–Crippen LogP) is 2.60. The lowest BCUT2D eigenvalue weighted by atomic mass is 10.1. The number of benzene rings is 1. The maximum Gasteiger partial charge on any atom is 0.153 e. The van der Waals surface area contributed by atoms with Crippen molar-refractivity contribution in [1.82, 2.24) is 15.2 Å². The van der Waals surface area contributed by atoms with Gasteiger partial charge in [-0.2, -0.15) is 5.10 Å². The fourth-order valence-electron chi connectivity index (χ4n) is 1.79. The fraction of sp³-hybridized carbons (Fsp3) is 0.429. The Labute approximate surface area is 108 Å². The topological polar surface area (TPSA) is 67.6 Å².